The van der Waals surface area contributed by atoms with E-state index in [1.165, 1.54) is 0 Å². The maximum Gasteiger partial charge on any atom is 0.253 e. The van der Waals surface area contributed by atoms with Gasteiger partial charge in [0.15, 0.2) is 0 Å². The van der Waals surface area contributed by atoms with E-state index < -0.39 is 6.10 Å². The van der Waals surface area contributed by atoms with Crippen molar-refractivity contribution in [1.29, 1.82) is 0 Å². The molecule has 4 nitrogen and oxygen atoms in total. The summed E-state index contributed by atoms with van der Waals surface area (Å²) in [5.74, 6) is -0.201. The van der Waals surface area contributed by atoms with Gasteiger partial charge in [-0.1, -0.05) is 45.1 Å². The van der Waals surface area contributed by atoms with Gasteiger partial charge in [-0.2, -0.15) is 0 Å². The van der Waals surface area contributed by atoms with Crippen LogP contribution in [0.4, 0.5) is 5.69 Å². The molecular weight excluding hydrogens is 284 g/mol. The van der Waals surface area contributed by atoms with Crippen LogP contribution in [0.1, 0.15) is 39.7 Å². The maximum atomic E-state index is 12.1. The average molecular weight is 308 g/mol. The lowest BCUT2D eigenvalue weighted by Gasteiger charge is -2.20. The van der Waals surface area contributed by atoms with Crippen molar-refractivity contribution >= 4 is 28.8 Å². The Kier molecular flexibility index (Phi) is 6.30. The number of nitrogens with one attached hydrogen (secondary N) is 1. The second-order valence-corrected chi connectivity index (χ2v) is 6.66. The number of carbonyl (C=O) groups excluding carboxylic acids is 1. The predicted molar refractivity (Wildman–Crippen MR) is 90.4 cm³/mol. The quantitative estimate of drug-likeness (QED) is 0.793. The van der Waals surface area contributed by atoms with Crippen molar-refractivity contribution in [3.8, 4) is 0 Å². The minimum atomic E-state index is -0.522. The summed E-state index contributed by atoms with van der Waals surface area (Å²) in [6.45, 7) is 8.70. The van der Waals surface area contributed by atoms with Gasteiger partial charge in [0.1, 0.15) is 11.1 Å². The van der Waals surface area contributed by atoms with Crippen LogP contribution in [0, 0.1) is 5.41 Å². The van der Waals surface area contributed by atoms with Crippen LogP contribution in [0.15, 0.2) is 24.3 Å². The summed E-state index contributed by atoms with van der Waals surface area (Å²) in [6, 6.07) is 7.20. The van der Waals surface area contributed by atoms with E-state index in [4.69, 9.17) is 22.7 Å². The molecule has 0 bridgehead atoms. The van der Waals surface area contributed by atoms with Crippen LogP contribution in [0.25, 0.3) is 0 Å². The summed E-state index contributed by atoms with van der Waals surface area (Å²) < 4.78 is 5.58. The molecule has 0 saturated carbocycles. The molecule has 0 aliphatic heterocycles. The smallest absolute Gasteiger partial charge is 0.253 e. The number of benzene rings is 1. The Balaban J connectivity index is 2.59. The molecule has 1 aromatic rings. The molecular formula is C16H24N2O2S. The number of anilines is 1. The van der Waals surface area contributed by atoms with E-state index in [0.29, 0.717) is 17.9 Å². The number of rotatable bonds is 6. The maximum absolute atomic E-state index is 12.1. The molecule has 0 fully saturated rings. The van der Waals surface area contributed by atoms with Crippen LogP contribution in [0.5, 0.6) is 0 Å². The summed E-state index contributed by atoms with van der Waals surface area (Å²) in [4.78, 5) is 12.4. The van der Waals surface area contributed by atoms with E-state index in [0.717, 1.165) is 6.42 Å². The van der Waals surface area contributed by atoms with Gasteiger partial charge in [0, 0.05) is 12.2 Å². The van der Waals surface area contributed by atoms with Gasteiger partial charge in [-0.15, -0.1) is 0 Å². The van der Waals surface area contributed by atoms with E-state index in [2.05, 4.69) is 26.1 Å². The number of hydrogen-bond acceptors (Lipinski definition) is 3. The van der Waals surface area contributed by atoms with Crippen molar-refractivity contribution in [2.45, 2.75) is 40.2 Å². The summed E-state index contributed by atoms with van der Waals surface area (Å²) in [5.41, 5.74) is 7.10. The lowest BCUT2D eigenvalue weighted by atomic mass is 9.93. The first-order valence-electron chi connectivity index (χ1n) is 7.02. The minimum absolute atomic E-state index is 0.189. The van der Waals surface area contributed by atoms with Gasteiger partial charge < -0.3 is 15.8 Å². The Morgan fingerprint density at radius 3 is 2.57 bits per heavy atom. The lowest BCUT2D eigenvalue weighted by Crippen LogP contribution is -2.29. The van der Waals surface area contributed by atoms with Crippen molar-refractivity contribution in [3.05, 3.63) is 29.8 Å². The molecule has 1 rings (SSSR count). The molecule has 0 aromatic heterocycles. The Hall–Kier alpha value is -1.46. The van der Waals surface area contributed by atoms with E-state index in [9.17, 15) is 4.79 Å². The number of ether oxygens (including phenoxy) is 1. The summed E-state index contributed by atoms with van der Waals surface area (Å²) in [7, 11) is 0. The van der Waals surface area contributed by atoms with Crippen molar-refractivity contribution in [3.63, 3.8) is 0 Å². The molecule has 3 N–H and O–H groups in total. The number of amides is 1. The highest BCUT2D eigenvalue weighted by atomic mass is 32.1. The standard InChI is InChI=1S/C16H24N2O2S/c1-11(20-10-9-16(2,3)4)15(19)18-13-8-6-5-7-12(13)14(17)21/h5-8,11H,9-10H2,1-4H3,(H2,17,21)(H,18,19). The largest absolute Gasteiger partial charge is 0.389 e. The Morgan fingerprint density at radius 2 is 2.00 bits per heavy atom. The number of hydrogen-bond donors (Lipinski definition) is 2. The molecule has 0 saturated heterocycles. The van der Waals surface area contributed by atoms with E-state index in [1.54, 1.807) is 19.1 Å². The fourth-order valence-electron chi connectivity index (χ4n) is 1.66. The second kappa shape index (κ2) is 7.52. The normalized spacial score (nSPS) is 12.8. The Morgan fingerprint density at radius 1 is 1.38 bits per heavy atom. The summed E-state index contributed by atoms with van der Waals surface area (Å²) in [6.07, 6.45) is 0.375. The monoisotopic (exact) mass is 308 g/mol. The van der Waals surface area contributed by atoms with Crippen molar-refractivity contribution in [2.75, 3.05) is 11.9 Å². The van der Waals surface area contributed by atoms with Crippen LogP contribution in [-0.4, -0.2) is 23.6 Å². The molecule has 1 amide bonds. The third-order valence-electron chi connectivity index (χ3n) is 3.04. The zero-order valence-corrected chi connectivity index (χ0v) is 13.9. The molecule has 1 unspecified atom stereocenters. The highest BCUT2D eigenvalue weighted by Gasteiger charge is 2.17. The first-order valence-corrected chi connectivity index (χ1v) is 7.43. The Labute approximate surface area is 132 Å². The Bertz CT molecular complexity index is 509. The molecule has 0 heterocycles. The van der Waals surface area contributed by atoms with Crippen molar-refractivity contribution in [2.24, 2.45) is 11.1 Å². The number of nitrogens with two attached hydrogens (primary N) is 1. The average Bonchev–Trinajstić information content (AvgIpc) is 2.37. The summed E-state index contributed by atoms with van der Waals surface area (Å²) in [5, 5.41) is 2.81. The van der Waals surface area contributed by atoms with Gasteiger partial charge in [0.2, 0.25) is 0 Å². The minimum Gasteiger partial charge on any atom is -0.389 e. The number of thiocarbonyl (C=S) groups is 1. The van der Waals surface area contributed by atoms with Crippen LogP contribution >= 0.6 is 12.2 Å². The zero-order valence-electron chi connectivity index (χ0n) is 13.1. The first kappa shape index (κ1) is 17.6. The number of carbonyl (C=O) groups is 1. The van der Waals surface area contributed by atoms with Gasteiger partial charge in [0.25, 0.3) is 5.91 Å². The van der Waals surface area contributed by atoms with Crippen LogP contribution in [-0.2, 0) is 9.53 Å². The highest BCUT2D eigenvalue weighted by molar-refractivity contribution is 7.80. The fourth-order valence-corrected chi connectivity index (χ4v) is 1.84. The van der Waals surface area contributed by atoms with Gasteiger partial charge in [-0.05, 0) is 30.9 Å². The van der Waals surface area contributed by atoms with Crippen LogP contribution < -0.4 is 11.1 Å². The topological polar surface area (TPSA) is 64.3 Å². The van der Waals surface area contributed by atoms with Gasteiger partial charge >= 0.3 is 0 Å². The van der Waals surface area contributed by atoms with Gasteiger partial charge in [0.05, 0.1) is 5.69 Å². The zero-order chi connectivity index (χ0) is 16.0. The van der Waals surface area contributed by atoms with Crippen LogP contribution in [0.3, 0.4) is 0 Å². The molecule has 21 heavy (non-hydrogen) atoms. The molecule has 0 spiro atoms. The molecule has 0 aliphatic rings. The second-order valence-electron chi connectivity index (χ2n) is 6.22. The molecule has 1 aromatic carbocycles. The molecule has 5 heteroatoms. The van der Waals surface area contributed by atoms with Gasteiger partial charge in [-0.25, -0.2) is 0 Å². The van der Waals surface area contributed by atoms with Crippen molar-refractivity contribution in [1.82, 2.24) is 0 Å². The van der Waals surface area contributed by atoms with Crippen LogP contribution in [0.2, 0.25) is 0 Å². The lowest BCUT2D eigenvalue weighted by molar-refractivity contribution is -0.126. The fraction of sp³-hybridized carbons (Fsp3) is 0.500. The summed E-state index contributed by atoms with van der Waals surface area (Å²) >= 11 is 4.97. The first-order chi connectivity index (χ1) is 9.70. The van der Waals surface area contributed by atoms with Crippen molar-refractivity contribution < 1.29 is 9.53 Å². The predicted octanol–water partition coefficient (Wildman–Crippen LogP) is 3.10. The van der Waals surface area contributed by atoms with E-state index in [1.807, 2.05) is 12.1 Å². The van der Waals surface area contributed by atoms with E-state index in [-0.39, 0.29) is 16.3 Å². The number of para-hydroxylation sites is 1. The molecule has 0 radical (unpaired) electrons. The SMILES string of the molecule is CC(OCCC(C)(C)C)C(=O)Nc1ccccc1C(N)=S. The third kappa shape index (κ3) is 6.23. The highest BCUT2D eigenvalue weighted by Crippen LogP contribution is 2.19. The third-order valence-corrected chi connectivity index (χ3v) is 3.26. The molecule has 1 atom stereocenters. The van der Waals surface area contributed by atoms with Gasteiger partial charge in [-0.3, -0.25) is 4.79 Å². The molecule has 0 aliphatic carbocycles. The molecule has 116 valence electrons. The van der Waals surface area contributed by atoms with E-state index >= 15 is 0 Å².